The molecule has 2 aromatic rings. The van der Waals surface area contributed by atoms with Crippen molar-refractivity contribution in [1.29, 1.82) is 0 Å². The molecule has 3 heterocycles. The number of morpholine rings is 1. The molecule has 1 atom stereocenters. The van der Waals surface area contributed by atoms with Crippen LogP contribution in [0.15, 0.2) is 24.5 Å². The lowest BCUT2D eigenvalue weighted by molar-refractivity contribution is -0.128. The van der Waals surface area contributed by atoms with Gasteiger partial charge < -0.3 is 10.1 Å². The van der Waals surface area contributed by atoms with Crippen molar-refractivity contribution in [2.45, 2.75) is 32.9 Å². The van der Waals surface area contributed by atoms with Gasteiger partial charge in [0.2, 0.25) is 5.91 Å². The summed E-state index contributed by atoms with van der Waals surface area (Å²) in [6, 6.07) is 3.50. The summed E-state index contributed by atoms with van der Waals surface area (Å²) >= 11 is 1.65. The van der Waals surface area contributed by atoms with Gasteiger partial charge in [-0.1, -0.05) is 13.0 Å². The summed E-state index contributed by atoms with van der Waals surface area (Å²) in [5.41, 5.74) is 1.99. The molecule has 1 amide bonds. The lowest BCUT2D eigenvalue weighted by Gasteiger charge is -2.33. The maximum atomic E-state index is 13.0. The lowest BCUT2D eigenvalue weighted by atomic mass is 10.1. The zero-order valence-electron chi connectivity index (χ0n) is 14.7. The molecule has 0 aromatic carbocycles. The molecule has 3 rings (SSSR count). The Kier molecular flexibility index (Phi) is 6.12. The van der Waals surface area contributed by atoms with Crippen LogP contribution in [0.3, 0.4) is 0 Å². The largest absolute Gasteiger partial charge is 0.379 e. The monoisotopic (exact) mass is 360 g/mol. The van der Waals surface area contributed by atoms with Crippen LogP contribution in [0.2, 0.25) is 0 Å². The molecule has 2 aromatic heterocycles. The summed E-state index contributed by atoms with van der Waals surface area (Å²) in [4.78, 5) is 25.0. The normalized spacial score (nSPS) is 16.6. The number of rotatable bonds is 6. The van der Waals surface area contributed by atoms with E-state index in [2.05, 4.69) is 27.1 Å². The molecule has 0 bridgehead atoms. The van der Waals surface area contributed by atoms with Gasteiger partial charge >= 0.3 is 0 Å². The first kappa shape index (κ1) is 18.0. The number of ether oxygens (including phenoxy) is 1. The third-order valence-electron chi connectivity index (χ3n) is 4.30. The molecule has 0 spiro atoms. The fourth-order valence-corrected chi connectivity index (χ4v) is 4.06. The first-order chi connectivity index (χ1) is 12.2. The van der Waals surface area contributed by atoms with E-state index in [1.807, 2.05) is 19.1 Å². The van der Waals surface area contributed by atoms with Gasteiger partial charge in [-0.3, -0.25) is 14.7 Å². The number of carbonyl (C=O) groups is 1. The van der Waals surface area contributed by atoms with Crippen LogP contribution in [-0.4, -0.2) is 47.1 Å². The maximum absolute atomic E-state index is 13.0. The van der Waals surface area contributed by atoms with Crippen LogP contribution in [0.5, 0.6) is 0 Å². The molecule has 7 heteroatoms. The van der Waals surface area contributed by atoms with Crippen molar-refractivity contribution in [3.8, 4) is 0 Å². The van der Waals surface area contributed by atoms with Crippen LogP contribution in [-0.2, 0) is 22.5 Å². The fourth-order valence-electron chi connectivity index (χ4n) is 3.09. The predicted octanol–water partition coefficient (Wildman–Crippen LogP) is 2.10. The van der Waals surface area contributed by atoms with E-state index in [4.69, 9.17) is 4.74 Å². The van der Waals surface area contributed by atoms with Crippen molar-refractivity contribution in [2.75, 3.05) is 26.3 Å². The Morgan fingerprint density at radius 1 is 1.44 bits per heavy atom. The lowest BCUT2D eigenvalue weighted by Crippen LogP contribution is -2.45. The summed E-state index contributed by atoms with van der Waals surface area (Å²) in [5, 5.41) is 4.14. The first-order valence-electron chi connectivity index (χ1n) is 8.63. The number of aromatic nitrogens is 2. The first-order valence-corrected chi connectivity index (χ1v) is 9.45. The van der Waals surface area contributed by atoms with E-state index in [0.717, 1.165) is 40.7 Å². The number of pyridine rings is 1. The molecular weight excluding hydrogens is 336 g/mol. The summed E-state index contributed by atoms with van der Waals surface area (Å²) in [7, 11) is 0. The minimum atomic E-state index is -0.336. The molecule has 1 fully saturated rings. The average Bonchev–Trinajstić information content (AvgIpc) is 3.02. The zero-order valence-corrected chi connectivity index (χ0v) is 15.5. The fraction of sp³-hybridized carbons (Fsp3) is 0.500. The van der Waals surface area contributed by atoms with Crippen molar-refractivity contribution in [3.63, 3.8) is 0 Å². The van der Waals surface area contributed by atoms with Gasteiger partial charge in [-0.15, -0.1) is 11.3 Å². The highest BCUT2D eigenvalue weighted by molar-refractivity contribution is 7.11. The number of amides is 1. The summed E-state index contributed by atoms with van der Waals surface area (Å²) in [6.07, 6.45) is 4.38. The Bertz CT molecular complexity index is 698. The topological polar surface area (TPSA) is 67.4 Å². The molecular formula is C18H24N4O2S. The smallest absolute Gasteiger partial charge is 0.242 e. The van der Waals surface area contributed by atoms with E-state index in [1.54, 1.807) is 23.7 Å². The van der Waals surface area contributed by atoms with E-state index in [9.17, 15) is 4.79 Å². The van der Waals surface area contributed by atoms with Crippen LogP contribution >= 0.6 is 11.3 Å². The zero-order chi connectivity index (χ0) is 17.6. The Hall–Kier alpha value is -1.83. The Balaban J connectivity index is 1.74. The van der Waals surface area contributed by atoms with Crippen LogP contribution in [0.1, 0.15) is 34.1 Å². The summed E-state index contributed by atoms with van der Waals surface area (Å²) < 4.78 is 5.43. The van der Waals surface area contributed by atoms with Gasteiger partial charge in [0.25, 0.3) is 0 Å². The van der Waals surface area contributed by atoms with E-state index in [0.29, 0.717) is 19.8 Å². The number of hydrogen-bond donors (Lipinski definition) is 1. The Morgan fingerprint density at radius 3 is 2.92 bits per heavy atom. The SMILES string of the molecule is CCc1nc(C)sc1CNC(=O)[C@H](c1cccnc1)N1CCOCC1. The number of nitrogens with zero attached hydrogens (tertiary/aromatic N) is 3. The molecule has 0 saturated carbocycles. The molecule has 0 aliphatic carbocycles. The number of nitrogens with one attached hydrogen (secondary N) is 1. The summed E-state index contributed by atoms with van der Waals surface area (Å²) in [5.74, 6) is 0.00278. The molecule has 0 unspecified atom stereocenters. The molecule has 134 valence electrons. The molecule has 0 radical (unpaired) electrons. The summed E-state index contributed by atoms with van der Waals surface area (Å²) in [6.45, 7) is 7.40. The maximum Gasteiger partial charge on any atom is 0.242 e. The molecule has 1 saturated heterocycles. The van der Waals surface area contributed by atoms with Crippen molar-refractivity contribution >= 4 is 17.2 Å². The number of thiazole rings is 1. The number of carbonyl (C=O) groups excluding carboxylic acids is 1. The van der Waals surface area contributed by atoms with E-state index < -0.39 is 0 Å². The van der Waals surface area contributed by atoms with E-state index >= 15 is 0 Å². The third-order valence-corrected chi connectivity index (χ3v) is 5.32. The second-order valence-corrected chi connectivity index (χ2v) is 7.30. The average molecular weight is 360 g/mol. The Morgan fingerprint density at radius 2 is 2.24 bits per heavy atom. The minimum absolute atomic E-state index is 0.00278. The van der Waals surface area contributed by atoms with E-state index in [1.165, 1.54) is 0 Å². The minimum Gasteiger partial charge on any atom is -0.379 e. The van der Waals surface area contributed by atoms with Crippen LogP contribution in [0, 0.1) is 6.92 Å². The quantitative estimate of drug-likeness (QED) is 0.854. The highest BCUT2D eigenvalue weighted by Crippen LogP contribution is 2.23. The van der Waals surface area contributed by atoms with Crippen molar-refractivity contribution in [2.24, 2.45) is 0 Å². The van der Waals surface area contributed by atoms with Gasteiger partial charge in [-0.05, 0) is 25.0 Å². The van der Waals surface area contributed by atoms with Gasteiger partial charge in [0.05, 0.1) is 30.5 Å². The van der Waals surface area contributed by atoms with E-state index in [-0.39, 0.29) is 11.9 Å². The van der Waals surface area contributed by atoms with Gasteiger partial charge in [0, 0.05) is 30.4 Å². The highest BCUT2D eigenvalue weighted by Gasteiger charge is 2.29. The van der Waals surface area contributed by atoms with Crippen molar-refractivity contribution in [3.05, 3.63) is 45.7 Å². The molecule has 1 aliphatic heterocycles. The van der Waals surface area contributed by atoms with Crippen molar-refractivity contribution < 1.29 is 9.53 Å². The van der Waals surface area contributed by atoms with Gasteiger partial charge in [0.1, 0.15) is 6.04 Å². The standard InChI is InChI=1S/C18H24N4O2S/c1-3-15-16(25-13(2)21-15)12-20-18(23)17(14-5-4-6-19-11-14)22-7-9-24-10-8-22/h4-6,11,17H,3,7-10,12H2,1-2H3,(H,20,23)/t17-/m0/s1. The third kappa shape index (κ3) is 4.42. The van der Waals surface area contributed by atoms with Crippen molar-refractivity contribution in [1.82, 2.24) is 20.2 Å². The molecule has 25 heavy (non-hydrogen) atoms. The highest BCUT2D eigenvalue weighted by atomic mass is 32.1. The van der Waals surface area contributed by atoms with Crippen LogP contribution in [0.4, 0.5) is 0 Å². The second-order valence-electron chi connectivity index (χ2n) is 6.01. The second kappa shape index (κ2) is 8.51. The molecule has 1 aliphatic rings. The predicted molar refractivity (Wildman–Crippen MR) is 97.4 cm³/mol. The number of aryl methyl sites for hydroxylation is 2. The van der Waals surface area contributed by atoms with Crippen LogP contribution < -0.4 is 5.32 Å². The van der Waals surface area contributed by atoms with Crippen LogP contribution in [0.25, 0.3) is 0 Å². The van der Waals surface area contributed by atoms with Gasteiger partial charge in [-0.25, -0.2) is 4.98 Å². The molecule has 6 nitrogen and oxygen atoms in total. The number of hydrogen-bond acceptors (Lipinski definition) is 6. The molecule has 1 N–H and O–H groups in total. The van der Waals surface area contributed by atoms with Gasteiger partial charge in [0.15, 0.2) is 0 Å². The van der Waals surface area contributed by atoms with Gasteiger partial charge in [-0.2, -0.15) is 0 Å². The Labute approximate surface area is 152 Å².